The van der Waals surface area contributed by atoms with Gasteiger partial charge in [-0.3, -0.25) is 4.79 Å². The fourth-order valence-corrected chi connectivity index (χ4v) is 4.76. The minimum Gasteiger partial charge on any atom is -0.466 e. The van der Waals surface area contributed by atoms with Crippen LogP contribution in [0.4, 0.5) is 0 Å². The van der Waals surface area contributed by atoms with Gasteiger partial charge in [0.15, 0.2) is 0 Å². The summed E-state index contributed by atoms with van der Waals surface area (Å²) in [7, 11) is -2.94. The van der Waals surface area contributed by atoms with Crippen molar-refractivity contribution in [1.82, 2.24) is 0 Å². The van der Waals surface area contributed by atoms with Gasteiger partial charge in [0.1, 0.15) is 9.84 Å². The number of carbonyl (C=O) groups is 1. The molecule has 1 aliphatic carbocycles. The second-order valence-electron chi connectivity index (χ2n) is 5.43. The summed E-state index contributed by atoms with van der Waals surface area (Å²) in [5.41, 5.74) is -0.773. The van der Waals surface area contributed by atoms with Crippen LogP contribution in [0.5, 0.6) is 0 Å². The average Bonchev–Trinajstić information content (AvgIpc) is 2.35. The maximum Gasteiger partial charge on any atom is 0.308 e. The summed E-state index contributed by atoms with van der Waals surface area (Å²) in [6, 6.07) is 0. The largest absolute Gasteiger partial charge is 0.466 e. The van der Waals surface area contributed by atoms with Crippen LogP contribution in [0, 0.1) is 5.92 Å². The van der Waals surface area contributed by atoms with E-state index in [1.54, 1.807) is 6.92 Å². The molecular weight excluding hydrogens is 300 g/mol. The van der Waals surface area contributed by atoms with Crippen LogP contribution in [-0.2, 0) is 19.4 Å². The summed E-state index contributed by atoms with van der Waals surface area (Å²) in [5.74, 6) is 0.898. The summed E-state index contributed by atoms with van der Waals surface area (Å²) in [5, 5.41) is 10.4. The molecule has 0 bridgehead atoms. The molecule has 1 rings (SSSR count). The van der Waals surface area contributed by atoms with Crippen LogP contribution < -0.4 is 0 Å². The minimum atomic E-state index is -2.94. The summed E-state index contributed by atoms with van der Waals surface area (Å²) >= 11 is 1.46. The zero-order valence-corrected chi connectivity index (χ0v) is 13.8. The molecule has 0 aliphatic heterocycles. The molecule has 1 N–H and O–H groups in total. The van der Waals surface area contributed by atoms with Crippen LogP contribution >= 0.6 is 11.8 Å². The Bertz CT molecular complexity index is 410. The van der Waals surface area contributed by atoms with Crippen LogP contribution in [0.25, 0.3) is 0 Å². The van der Waals surface area contributed by atoms with E-state index in [1.165, 1.54) is 18.0 Å². The SMILES string of the molecule is CCOC(=O)C1CCC(O)(CSCCS(C)(=O)=O)CC1. The molecule has 0 unspecified atom stereocenters. The zero-order valence-electron chi connectivity index (χ0n) is 12.1. The molecule has 0 atom stereocenters. The number of thioether (sulfide) groups is 1. The molecule has 0 aromatic rings. The first-order valence-electron chi connectivity index (χ1n) is 6.90. The predicted molar refractivity (Wildman–Crippen MR) is 80.6 cm³/mol. The van der Waals surface area contributed by atoms with E-state index in [4.69, 9.17) is 4.74 Å². The van der Waals surface area contributed by atoms with Crippen molar-refractivity contribution in [3.63, 3.8) is 0 Å². The summed E-state index contributed by atoms with van der Waals surface area (Å²) in [4.78, 5) is 11.6. The van der Waals surface area contributed by atoms with E-state index in [-0.39, 0.29) is 17.6 Å². The van der Waals surface area contributed by atoms with E-state index < -0.39 is 15.4 Å². The summed E-state index contributed by atoms with van der Waals surface area (Å²) in [6.07, 6.45) is 3.64. The molecule has 0 saturated heterocycles. The monoisotopic (exact) mass is 324 g/mol. The molecule has 5 nitrogen and oxygen atoms in total. The average molecular weight is 324 g/mol. The summed E-state index contributed by atoms with van der Waals surface area (Å²) in [6.45, 7) is 2.18. The van der Waals surface area contributed by atoms with E-state index >= 15 is 0 Å². The normalized spacial score (nSPS) is 27.2. The van der Waals surface area contributed by atoms with Gasteiger partial charge in [-0.2, -0.15) is 11.8 Å². The van der Waals surface area contributed by atoms with Crippen molar-refractivity contribution in [3.8, 4) is 0 Å². The first kappa shape index (κ1) is 17.8. The Labute approximate surface area is 125 Å². The third-order valence-corrected chi connectivity index (χ3v) is 5.94. The fourth-order valence-electron chi connectivity index (χ4n) is 2.27. The Balaban J connectivity index is 2.29. The molecule has 0 amide bonds. The van der Waals surface area contributed by atoms with Gasteiger partial charge >= 0.3 is 5.97 Å². The lowest BCUT2D eigenvalue weighted by molar-refractivity contribution is -0.150. The number of hydrogen-bond donors (Lipinski definition) is 1. The number of ether oxygens (including phenoxy) is 1. The fraction of sp³-hybridized carbons (Fsp3) is 0.923. The predicted octanol–water partition coefficient (Wildman–Crippen LogP) is 1.25. The Morgan fingerprint density at radius 2 is 2.00 bits per heavy atom. The van der Waals surface area contributed by atoms with Crippen molar-refractivity contribution in [3.05, 3.63) is 0 Å². The third kappa shape index (κ3) is 6.45. The van der Waals surface area contributed by atoms with Crippen molar-refractivity contribution >= 4 is 27.6 Å². The van der Waals surface area contributed by atoms with Crippen LogP contribution in [0.15, 0.2) is 0 Å². The molecule has 0 aromatic carbocycles. The molecule has 20 heavy (non-hydrogen) atoms. The number of rotatable bonds is 7. The second kappa shape index (κ2) is 7.66. The molecular formula is C13H24O5S2. The standard InChI is InChI=1S/C13H24O5S2/c1-3-18-12(14)11-4-6-13(15,7-5-11)10-19-8-9-20(2,16)17/h11,15H,3-10H2,1-2H3. The molecule has 0 heterocycles. The zero-order chi connectivity index (χ0) is 15.2. The highest BCUT2D eigenvalue weighted by atomic mass is 32.2. The molecule has 0 spiro atoms. The van der Waals surface area contributed by atoms with Gasteiger partial charge in [0.2, 0.25) is 0 Å². The summed E-state index contributed by atoms with van der Waals surface area (Å²) < 4.78 is 27.0. The maximum atomic E-state index is 11.6. The van der Waals surface area contributed by atoms with Gasteiger partial charge in [-0.1, -0.05) is 0 Å². The molecule has 1 saturated carbocycles. The smallest absolute Gasteiger partial charge is 0.308 e. The topological polar surface area (TPSA) is 80.7 Å². The number of esters is 1. The molecule has 118 valence electrons. The van der Waals surface area contributed by atoms with Crippen LogP contribution in [0.1, 0.15) is 32.6 Å². The van der Waals surface area contributed by atoms with Gasteiger partial charge in [0.25, 0.3) is 0 Å². The Kier molecular flexibility index (Phi) is 6.81. The van der Waals surface area contributed by atoms with Gasteiger partial charge in [-0.25, -0.2) is 8.42 Å². The van der Waals surface area contributed by atoms with Gasteiger partial charge in [0.05, 0.1) is 23.9 Å². The van der Waals surface area contributed by atoms with E-state index in [0.29, 0.717) is 43.8 Å². The van der Waals surface area contributed by atoms with Gasteiger partial charge < -0.3 is 9.84 Å². The van der Waals surface area contributed by atoms with Crippen molar-refractivity contribution < 1.29 is 23.1 Å². The first-order chi connectivity index (χ1) is 9.26. The lowest BCUT2D eigenvalue weighted by Crippen LogP contribution is -2.38. The van der Waals surface area contributed by atoms with Crippen molar-refractivity contribution in [2.45, 2.75) is 38.2 Å². The molecule has 7 heteroatoms. The quantitative estimate of drug-likeness (QED) is 0.561. The lowest BCUT2D eigenvalue weighted by atomic mass is 9.80. The highest BCUT2D eigenvalue weighted by Crippen LogP contribution is 2.35. The van der Waals surface area contributed by atoms with Gasteiger partial charge in [-0.15, -0.1) is 0 Å². The van der Waals surface area contributed by atoms with E-state index in [9.17, 15) is 18.3 Å². The maximum absolute atomic E-state index is 11.6. The lowest BCUT2D eigenvalue weighted by Gasteiger charge is -2.34. The number of carbonyl (C=O) groups excluding carboxylic acids is 1. The van der Waals surface area contributed by atoms with Gasteiger partial charge in [0, 0.05) is 17.8 Å². The molecule has 0 aromatic heterocycles. The minimum absolute atomic E-state index is 0.101. The van der Waals surface area contributed by atoms with Crippen LogP contribution in [0.3, 0.4) is 0 Å². The van der Waals surface area contributed by atoms with Crippen molar-refractivity contribution in [2.75, 3.05) is 30.1 Å². The van der Waals surface area contributed by atoms with E-state index in [0.717, 1.165) is 0 Å². The van der Waals surface area contributed by atoms with E-state index in [2.05, 4.69) is 0 Å². The number of hydrogen-bond acceptors (Lipinski definition) is 6. The Morgan fingerprint density at radius 1 is 1.40 bits per heavy atom. The molecule has 1 fully saturated rings. The van der Waals surface area contributed by atoms with Gasteiger partial charge in [-0.05, 0) is 32.6 Å². The molecule has 1 aliphatic rings. The van der Waals surface area contributed by atoms with Crippen LogP contribution in [-0.4, -0.2) is 55.2 Å². The highest BCUT2D eigenvalue weighted by molar-refractivity contribution is 8.00. The van der Waals surface area contributed by atoms with Crippen molar-refractivity contribution in [1.29, 1.82) is 0 Å². The Hall–Kier alpha value is -0.270. The van der Waals surface area contributed by atoms with Crippen molar-refractivity contribution in [2.24, 2.45) is 5.92 Å². The van der Waals surface area contributed by atoms with E-state index in [1.807, 2.05) is 0 Å². The highest BCUT2D eigenvalue weighted by Gasteiger charge is 2.36. The van der Waals surface area contributed by atoms with Crippen LogP contribution in [0.2, 0.25) is 0 Å². The second-order valence-corrected chi connectivity index (χ2v) is 8.80. The molecule has 0 radical (unpaired) electrons. The number of aliphatic hydroxyl groups is 1. The first-order valence-corrected chi connectivity index (χ1v) is 10.1. The third-order valence-electron chi connectivity index (χ3n) is 3.51. The Morgan fingerprint density at radius 3 is 2.50 bits per heavy atom. The number of sulfone groups is 1.